The molecule has 3 aromatic rings. The van der Waals surface area contributed by atoms with Gasteiger partial charge in [-0.05, 0) is 35.4 Å². The Hall–Kier alpha value is -2.47. The van der Waals surface area contributed by atoms with Gasteiger partial charge in [0.2, 0.25) is 0 Å². The fourth-order valence-corrected chi connectivity index (χ4v) is 5.96. The summed E-state index contributed by atoms with van der Waals surface area (Å²) in [6.45, 7) is 0.951. The van der Waals surface area contributed by atoms with E-state index < -0.39 is 5.92 Å². The molecule has 5 rings (SSSR count). The van der Waals surface area contributed by atoms with E-state index in [9.17, 15) is 9.90 Å². The van der Waals surface area contributed by atoms with Crippen LogP contribution in [0.25, 0.3) is 0 Å². The van der Waals surface area contributed by atoms with Crippen LogP contribution >= 0.6 is 0 Å². The fourth-order valence-electron chi connectivity index (χ4n) is 5.96. The maximum atomic E-state index is 13.2. The lowest BCUT2D eigenvalue weighted by molar-refractivity contribution is -0.961. The maximum absolute atomic E-state index is 13.2. The first-order chi connectivity index (χ1) is 16.0. The van der Waals surface area contributed by atoms with E-state index in [1.165, 1.54) is 18.4 Å². The van der Waals surface area contributed by atoms with Gasteiger partial charge >= 0.3 is 5.97 Å². The Morgan fingerprint density at radius 3 is 1.88 bits per heavy atom. The number of aliphatic hydroxyl groups is 1. The molecule has 4 nitrogen and oxygen atoms in total. The molecule has 2 heterocycles. The SMILES string of the molecule is C[N+]1(Cc2ccc(OC(=O)C(c3ccccc3)c3ccccc3)cc2)C2CCC1CC(O)C2.[Br-]. The minimum atomic E-state index is -0.466. The number of aliphatic hydroxyl groups excluding tert-OH is 1. The first-order valence-electron chi connectivity index (χ1n) is 12.0. The zero-order chi connectivity index (χ0) is 22.8. The number of ether oxygens (including phenoxy) is 1. The number of halogens is 1. The van der Waals surface area contributed by atoms with Crippen molar-refractivity contribution in [3.8, 4) is 5.75 Å². The predicted octanol–water partition coefficient (Wildman–Crippen LogP) is 2.06. The molecule has 3 aromatic carbocycles. The molecule has 2 saturated heterocycles. The lowest BCUT2D eigenvalue weighted by Crippen LogP contribution is -3.00. The van der Waals surface area contributed by atoms with Crippen LogP contribution in [0.1, 0.15) is 48.3 Å². The van der Waals surface area contributed by atoms with Crippen molar-refractivity contribution in [2.45, 2.75) is 56.3 Å². The average molecular weight is 522 g/mol. The largest absolute Gasteiger partial charge is 1.00 e. The Morgan fingerprint density at radius 2 is 1.38 bits per heavy atom. The topological polar surface area (TPSA) is 46.5 Å². The average Bonchev–Trinajstić information content (AvgIpc) is 2.98. The van der Waals surface area contributed by atoms with Gasteiger partial charge < -0.3 is 31.3 Å². The third kappa shape index (κ3) is 4.97. The zero-order valence-electron chi connectivity index (χ0n) is 19.5. The van der Waals surface area contributed by atoms with Crippen molar-refractivity contribution >= 4 is 5.97 Å². The van der Waals surface area contributed by atoms with Crippen molar-refractivity contribution in [1.82, 2.24) is 0 Å². The number of nitrogens with zero attached hydrogens (tertiary/aromatic N) is 1. The molecular weight excluding hydrogens is 490 g/mol. The minimum Gasteiger partial charge on any atom is -1.00 e. The molecule has 0 radical (unpaired) electrons. The highest BCUT2D eigenvalue weighted by Gasteiger charge is 2.51. The van der Waals surface area contributed by atoms with Gasteiger partial charge in [0, 0.05) is 31.2 Å². The van der Waals surface area contributed by atoms with Crippen LogP contribution < -0.4 is 21.7 Å². The van der Waals surface area contributed by atoms with Gasteiger partial charge in [-0.1, -0.05) is 60.7 Å². The first-order valence-corrected chi connectivity index (χ1v) is 12.0. The van der Waals surface area contributed by atoms with Gasteiger partial charge in [0.05, 0.1) is 25.2 Å². The van der Waals surface area contributed by atoms with Crippen LogP contribution in [0.2, 0.25) is 0 Å². The molecule has 2 unspecified atom stereocenters. The van der Waals surface area contributed by atoms with Crippen LogP contribution in [0.4, 0.5) is 0 Å². The van der Waals surface area contributed by atoms with Crippen molar-refractivity contribution in [2.75, 3.05) is 7.05 Å². The number of carbonyl (C=O) groups excluding carboxylic acids is 1. The number of quaternary nitrogens is 1. The summed E-state index contributed by atoms with van der Waals surface area (Å²) in [4.78, 5) is 13.2. The predicted molar refractivity (Wildman–Crippen MR) is 129 cm³/mol. The number of piperidine rings is 1. The smallest absolute Gasteiger partial charge is 0.323 e. The second kappa shape index (κ2) is 10.4. The Morgan fingerprint density at radius 1 is 0.882 bits per heavy atom. The summed E-state index contributed by atoms with van der Waals surface area (Å²) < 4.78 is 6.86. The second-order valence-corrected chi connectivity index (χ2v) is 9.83. The molecule has 2 atom stereocenters. The Balaban J connectivity index is 0.00000274. The van der Waals surface area contributed by atoms with E-state index in [0.29, 0.717) is 17.8 Å². The number of benzene rings is 3. The minimum absolute atomic E-state index is 0. The molecule has 34 heavy (non-hydrogen) atoms. The number of esters is 1. The molecule has 2 aliphatic heterocycles. The van der Waals surface area contributed by atoms with E-state index in [1.807, 2.05) is 72.8 Å². The number of carbonyl (C=O) groups is 1. The quantitative estimate of drug-likeness (QED) is 0.307. The molecule has 0 saturated carbocycles. The normalized spacial score (nSPS) is 25.6. The van der Waals surface area contributed by atoms with Crippen LogP contribution in [-0.4, -0.2) is 40.8 Å². The van der Waals surface area contributed by atoms with E-state index in [0.717, 1.165) is 35.0 Å². The Bertz CT molecular complexity index is 1030. The van der Waals surface area contributed by atoms with E-state index in [2.05, 4.69) is 19.2 Å². The molecule has 0 amide bonds. The van der Waals surface area contributed by atoms with Crippen molar-refractivity contribution in [3.63, 3.8) is 0 Å². The lowest BCUT2D eigenvalue weighted by Gasteiger charge is -2.46. The summed E-state index contributed by atoms with van der Waals surface area (Å²) in [7, 11) is 2.34. The Labute approximate surface area is 212 Å². The third-order valence-electron chi connectivity index (χ3n) is 7.76. The third-order valence-corrected chi connectivity index (χ3v) is 7.76. The summed E-state index contributed by atoms with van der Waals surface area (Å²) in [6, 6.07) is 28.6. The Kier molecular flexibility index (Phi) is 7.56. The number of hydrogen-bond acceptors (Lipinski definition) is 3. The van der Waals surface area contributed by atoms with Crippen molar-refractivity contribution in [3.05, 3.63) is 102 Å². The molecule has 0 aliphatic carbocycles. The first kappa shape index (κ1) is 24.6. The van der Waals surface area contributed by atoms with E-state index >= 15 is 0 Å². The number of hydrogen-bond donors (Lipinski definition) is 1. The van der Waals surface area contributed by atoms with Crippen LogP contribution in [0.5, 0.6) is 5.75 Å². The molecule has 1 N–H and O–H groups in total. The molecular formula is C29H32BrNO3. The van der Waals surface area contributed by atoms with Gasteiger partial charge in [-0.25, -0.2) is 0 Å². The van der Waals surface area contributed by atoms with E-state index in [4.69, 9.17) is 4.74 Å². The van der Waals surface area contributed by atoms with Gasteiger partial charge in [-0.3, -0.25) is 4.79 Å². The van der Waals surface area contributed by atoms with Crippen molar-refractivity contribution in [1.29, 1.82) is 0 Å². The molecule has 2 fully saturated rings. The van der Waals surface area contributed by atoms with Gasteiger partial charge in [0.1, 0.15) is 18.2 Å². The fraction of sp³-hybridized carbons (Fsp3) is 0.345. The zero-order valence-corrected chi connectivity index (χ0v) is 21.1. The van der Waals surface area contributed by atoms with Crippen molar-refractivity contribution in [2.24, 2.45) is 0 Å². The highest BCUT2D eigenvalue weighted by atomic mass is 79.9. The molecule has 178 valence electrons. The van der Waals surface area contributed by atoms with Gasteiger partial charge in [-0.2, -0.15) is 0 Å². The van der Waals surface area contributed by atoms with Gasteiger partial charge in [0.25, 0.3) is 0 Å². The van der Waals surface area contributed by atoms with Gasteiger partial charge in [-0.15, -0.1) is 0 Å². The molecule has 0 spiro atoms. The van der Waals surface area contributed by atoms with Crippen LogP contribution in [0.3, 0.4) is 0 Å². The number of fused-ring (bicyclic) bond motifs is 2. The highest BCUT2D eigenvalue weighted by molar-refractivity contribution is 5.84. The summed E-state index contributed by atoms with van der Waals surface area (Å²) in [5, 5.41) is 10.2. The van der Waals surface area contributed by atoms with Crippen LogP contribution in [0.15, 0.2) is 84.9 Å². The van der Waals surface area contributed by atoms with Crippen LogP contribution in [0, 0.1) is 0 Å². The molecule has 0 aromatic heterocycles. The van der Waals surface area contributed by atoms with Crippen molar-refractivity contribution < 1.29 is 36.1 Å². The second-order valence-electron chi connectivity index (χ2n) is 9.83. The standard InChI is InChI=1S/C29H32NO3.BrH/c1-30(24-14-15-25(30)19-26(31)18-24)20-21-12-16-27(17-13-21)33-29(32)28(22-8-4-2-5-9-22)23-10-6-3-7-11-23;/h2-13,16-17,24-26,28,31H,14-15,18-20H2,1H3;1H/q+1;/p-1. The summed E-state index contributed by atoms with van der Waals surface area (Å²) in [6.07, 6.45) is 4.08. The summed E-state index contributed by atoms with van der Waals surface area (Å²) >= 11 is 0. The molecule has 2 aliphatic rings. The molecule has 2 bridgehead atoms. The number of rotatable bonds is 6. The highest BCUT2D eigenvalue weighted by Crippen LogP contribution is 2.42. The summed E-state index contributed by atoms with van der Waals surface area (Å²) in [5.74, 6) is -0.172. The van der Waals surface area contributed by atoms with Gasteiger partial charge in [0.15, 0.2) is 0 Å². The summed E-state index contributed by atoms with van der Waals surface area (Å²) in [5.41, 5.74) is 3.09. The monoisotopic (exact) mass is 521 g/mol. The van der Waals surface area contributed by atoms with E-state index in [-0.39, 0.29) is 29.1 Å². The maximum Gasteiger partial charge on any atom is 0.323 e. The lowest BCUT2D eigenvalue weighted by atomic mass is 9.91. The van der Waals surface area contributed by atoms with E-state index in [1.54, 1.807) is 0 Å². The van der Waals surface area contributed by atoms with Crippen LogP contribution in [-0.2, 0) is 11.3 Å². The molecule has 5 heteroatoms.